The fourth-order valence-electron chi connectivity index (χ4n) is 3.18. The molecule has 0 aliphatic carbocycles. The molecule has 0 aliphatic rings. The number of anilines is 1. The molecule has 3 aromatic rings. The van der Waals surface area contributed by atoms with Gasteiger partial charge in [0.1, 0.15) is 0 Å². The summed E-state index contributed by atoms with van der Waals surface area (Å²) in [6.45, 7) is 5.89. The zero-order valence-corrected chi connectivity index (χ0v) is 15.4. The molecule has 0 saturated carbocycles. The standard InChI is InChI=1S/C19H24N6O/c1-4-8-16(14-9-6-5-7-10-14)22-17(26)11-15-12(2)21-19-23-18(20)24-25(19)13(15)3/h5-7,9-10,16H,4,8,11H2,1-3H3,(H2,20,24)(H,22,26). The maximum Gasteiger partial charge on any atom is 0.254 e. The van der Waals surface area contributed by atoms with Crippen molar-refractivity contribution in [2.24, 2.45) is 0 Å². The largest absolute Gasteiger partial charge is 0.366 e. The molecule has 0 aliphatic heterocycles. The van der Waals surface area contributed by atoms with Crippen molar-refractivity contribution in [2.75, 3.05) is 5.73 Å². The number of nitrogen functional groups attached to an aromatic ring is 1. The van der Waals surface area contributed by atoms with Gasteiger partial charge in [0, 0.05) is 17.0 Å². The van der Waals surface area contributed by atoms with Gasteiger partial charge >= 0.3 is 0 Å². The Balaban J connectivity index is 1.82. The number of hydrogen-bond donors (Lipinski definition) is 2. The fourth-order valence-corrected chi connectivity index (χ4v) is 3.18. The SMILES string of the molecule is CCCC(NC(=O)Cc1c(C)nc2nc(N)nn2c1C)c1ccccc1. The number of amides is 1. The third-order valence-electron chi connectivity index (χ3n) is 4.52. The van der Waals surface area contributed by atoms with Gasteiger partial charge in [0.15, 0.2) is 0 Å². The second-order valence-electron chi connectivity index (χ2n) is 6.44. The van der Waals surface area contributed by atoms with Crippen LogP contribution in [0.1, 0.15) is 48.3 Å². The topological polar surface area (TPSA) is 98.2 Å². The number of rotatable bonds is 6. The molecule has 0 radical (unpaired) electrons. The molecular weight excluding hydrogens is 328 g/mol. The molecule has 1 atom stereocenters. The van der Waals surface area contributed by atoms with E-state index in [1.807, 2.05) is 44.2 Å². The van der Waals surface area contributed by atoms with Gasteiger partial charge in [-0.15, -0.1) is 5.10 Å². The van der Waals surface area contributed by atoms with E-state index < -0.39 is 0 Å². The van der Waals surface area contributed by atoms with Gasteiger partial charge in [0.2, 0.25) is 11.9 Å². The van der Waals surface area contributed by atoms with Crippen LogP contribution in [-0.4, -0.2) is 25.5 Å². The minimum atomic E-state index is -0.0345. The molecular formula is C19H24N6O. The zero-order chi connectivity index (χ0) is 18.7. The van der Waals surface area contributed by atoms with E-state index in [0.717, 1.165) is 35.4 Å². The molecule has 0 spiro atoms. The smallest absolute Gasteiger partial charge is 0.254 e. The van der Waals surface area contributed by atoms with Gasteiger partial charge in [-0.1, -0.05) is 43.7 Å². The maximum atomic E-state index is 12.7. The summed E-state index contributed by atoms with van der Waals surface area (Å²) < 4.78 is 1.59. The van der Waals surface area contributed by atoms with Gasteiger partial charge in [-0.05, 0) is 25.8 Å². The number of fused-ring (bicyclic) bond motifs is 1. The Morgan fingerprint density at radius 2 is 1.96 bits per heavy atom. The van der Waals surface area contributed by atoms with E-state index in [9.17, 15) is 4.79 Å². The van der Waals surface area contributed by atoms with Crippen molar-refractivity contribution in [1.82, 2.24) is 24.9 Å². The summed E-state index contributed by atoms with van der Waals surface area (Å²) >= 11 is 0. The van der Waals surface area contributed by atoms with E-state index in [1.165, 1.54) is 0 Å². The quantitative estimate of drug-likeness (QED) is 0.710. The van der Waals surface area contributed by atoms with E-state index in [0.29, 0.717) is 5.78 Å². The second kappa shape index (κ2) is 7.51. The first-order valence-corrected chi connectivity index (χ1v) is 8.82. The zero-order valence-electron chi connectivity index (χ0n) is 15.4. The highest BCUT2D eigenvalue weighted by Crippen LogP contribution is 2.19. The van der Waals surface area contributed by atoms with Crippen LogP contribution in [0, 0.1) is 13.8 Å². The van der Waals surface area contributed by atoms with Crippen molar-refractivity contribution in [2.45, 2.75) is 46.1 Å². The molecule has 0 saturated heterocycles. The van der Waals surface area contributed by atoms with E-state index in [4.69, 9.17) is 5.73 Å². The van der Waals surface area contributed by atoms with Crippen LogP contribution in [0.4, 0.5) is 5.95 Å². The average molecular weight is 352 g/mol. The number of aryl methyl sites for hydroxylation is 2. The van der Waals surface area contributed by atoms with Gasteiger partial charge in [-0.3, -0.25) is 4.79 Å². The number of nitrogens with one attached hydrogen (secondary N) is 1. The van der Waals surface area contributed by atoms with E-state index >= 15 is 0 Å². The minimum Gasteiger partial charge on any atom is -0.366 e. The third-order valence-corrected chi connectivity index (χ3v) is 4.52. The molecule has 0 fully saturated rings. The number of nitrogens with zero attached hydrogens (tertiary/aromatic N) is 4. The Morgan fingerprint density at radius 1 is 1.23 bits per heavy atom. The minimum absolute atomic E-state index is 0.00742. The van der Waals surface area contributed by atoms with Gasteiger partial charge in [0.25, 0.3) is 5.78 Å². The average Bonchev–Trinajstić information content (AvgIpc) is 2.99. The van der Waals surface area contributed by atoms with E-state index in [-0.39, 0.29) is 24.3 Å². The predicted molar refractivity (Wildman–Crippen MR) is 101 cm³/mol. The number of benzene rings is 1. The summed E-state index contributed by atoms with van der Waals surface area (Å²) in [6.07, 6.45) is 2.13. The number of carbonyl (C=O) groups is 1. The Kier molecular flexibility index (Phi) is 5.16. The lowest BCUT2D eigenvalue weighted by atomic mass is 10.0. The van der Waals surface area contributed by atoms with Gasteiger partial charge in [-0.25, -0.2) is 4.98 Å². The highest BCUT2D eigenvalue weighted by Gasteiger charge is 2.18. The summed E-state index contributed by atoms with van der Waals surface area (Å²) in [4.78, 5) is 21.2. The van der Waals surface area contributed by atoms with Crippen LogP contribution in [0.2, 0.25) is 0 Å². The van der Waals surface area contributed by atoms with E-state index in [1.54, 1.807) is 4.52 Å². The van der Waals surface area contributed by atoms with Crippen molar-refractivity contribution in [3.63, 3.8) is 0 Å². The lowest BCUT2D eigenvalue weighted by Crippen LogP contribution is -2.30. The van der Waals surface area contributed by atoms with Crippen molar-refractivity contribution >= 4 is 17.6 Å². The normalized spacial score (nSPS) is 12.3. The van der Waals surface area contributed by atoms with Crippen LogP contribution in [0.3, 0.4) is 0 Å². The third kappa shape index (κ3) is 3.66. The molecule has 1 unspecified atom stereocenters. The lowest BCUT2D eigenvalue weighted by Gasteiger charge is -2.19. The van der Waals surface area contributed by atoms with Crippen molar-refractivity contribution in [3.05, 3.63) is 52.8 Å². The summed E-state index contributed by atoms with van der Waals surface area (Å²) in [6, 6.07) is 10.1. The molecule has 3 rings (SSSR count). The first kappa shape index (κ1) is 17.8. The maximum absolute atomic E-state index is 12.7. The summed E-state index contributed by atoms with van der Waals surface area (Å²) in [5.41, 5.74) is 9.23. The predicted octanol–water partition coefficient (Wildman–Crippen LogP) is 2.52. The molecule has 7 heteroatoms. The molecule has 1 aromatic carbocycles. The molecule has 1 amide bonds. The van der Waals surface area contributed by atoms with Crippen LogP contribution >= 0.6 is 0 Å². The van der Waals surface area contributed by atoms with Crippen LogP contribution in [-0.2, 0) is 11.2 Å². The first-order chi connectivity index (χ1) is 12.5. The summed E-state index contributed by atoms with van der Waals surface area (Å²) in [7, 11) is 0. The van der Waals surface area contributed by atoms with Crippen molar-refractivity contribution in [1.29, 1.82) is 0 Å². The van der Waals surface area contributed by atoms with Crippen molar-refractivity contribution in [3.8, 4) is 0 Å². The number of aromatic nitrogens is 4. The summed E-state index contributed by atoms with van der Waals surface area (Å²) in [5.74, 6) is 0.594. The number of nitrogens with two attached hydrogens (primary N) is 1. The lowest BCUT2D eigenvalue weighted by molar-refractivity contribution is -0.121. The number of hydrogen-bond acceptors (Lipinski definition) is 5. The van der Waals surface area contributed by atoms with Crippen molar-refractivity contribution < 1.29 is 4.79 Å². The molecule has 2 heterocycles. The molecule has 2 aromatic heterocycles. The van der Waals surface area contributed by atoms with Crippen LogP contribution in [0.15, 0.2) is 30.3 Å². The van der Waals surface area contributed by atoms with Gasteiger partial charge < -0.3 is 11.1 Å². The highest BCUT2D eigenvalue weighted by molar-refractivity contribution is 5.79. The van der Waals surface area contributed by atoms with Gasteiger partial charge in [0.05, 0.1) is 12.5 Å². The fraction of sp³-hybridized carbons (Fsp3) is 0.368. The summed E-state index contributed by atoms with van der Waals surface area (Å²) in [5, 5.41) is 7.30. The molecule has 0 bridgehead atoms. The van der Waals surface area contributed by atoms with Crippen LogP contribution in [0.5, 0.6) is 0 Å². The number of carbonyl (C=O) groups excluding carboxylic acids is 1. The van der Waals surface area contributed by atoms with Gasteiger partial charge in [-0.2, -0.15) is 9.50 Å². The second-order valence-corrected chi connectivity index (χ2v) is 6.44. The molecule has 26 heavy (non-hydrogen) atoms. The molecule has 7 nitrogen and oxygen atoms in total. The molecule has 3 N–H and O–H groups in total. The van der Waals surface area contributed by atoms with Crippen LogP contribution in [0.25, 0.3) is 5.78 Å². The van der Waals surface area contributed by atoms with E-state index in [2.05, 4.69) is 27.3 Å². The first-order valence-electron chi connectivity index (χ1n) is 8.82. The Hall–Kier alpha value is -2.96. The highest BCUT2D eigenvalue weighted by atomic mass is 16.1. The monoisotopic (exact) mass is 352 g/mol. The molecule has 136 valence electrons. The Bertz CT molecular complexity index is 919. The Labute approximate surface area is 152 Å². The Morgan fingerprint density at radius 3 is 2.65 bits per heavy atom. The van der Waals surface area contributed by atoms with Crippen LogP contribution < -0.4 is 11.1 Å².